The molecule has 0 spiro atoms. The predicted octanol–water partition coefficient (Wildman–Crippen LogP) is 4.78. The third-order valence-corrected chi connectivity index (χ3v) is 5.68. The van der Waals surface area contributed by atoms with Crippen LogP contribution < -0.4 is 25.8 Å². The molecule has 0 atom stereocenters. The Bertz CT molecular complexity index is 1540. The summed E-state index contributed by atoms with van der Waals surface area (Å²) in [6.07, 6.45) is -0.266. The molecule has 0 fully saturated rings. The molecule has 9 nitrogen and oxygen atoms in total. The smallest absolute Gasteiger partial charge is 0.399 e. The third-order valence-electron chi connectivity index (χ3n) is 5.68. The molecule has 4 aromatic rings. The first-order valence-corrected chi connectivity index (χ1v) is 11.4. The molecule has 11 heteroatoms. The molecular formula is C27H21F2N5O4. The summed E-state index contributed by atoms with van der Waals surface area (Å²) in [5, 5.41) is 5.40. The molecule has 1 aliphatic heterocycles. The number of aromatic nitrogens is 2. The van der Waals surface area contributed by atoms with Crippen LogP contribution in [0.2, 0.25) is 0 Å². The molecule has 0 saturated carbocycles. The van der Waals surface area contributed by atoms with Gasteiger partial charge in [-0.15, -0.1) is 8.78 Å². The fourth-order valence-corrected chi connectivity index (χ4v) is 3.83. The van der Waals surface area contributed by atoms with Crippen molar-refractivity contribution >= 4 is 28.9 Å². The number of aryl methyl sites for hydroxylation is 1. The van der Waals surface area contributed by atoms with E-state index in [-0.39, 0.29) is 17.1 Å². The fraction of sp³-hybridized carbons (Fsp3) is 0.111. The van der Waals surface area contributed by atoms with E-state index in [9.17, 15) is 18.4 Å². The predicted molar refractivity (Wildman–Crippen MR) is 135 cm³/mol. The van der Waals surface area contributed by atoms with E-state index in [0.29, 0.717) is 40.4 Å². The molecule has 0 bridgehead atoms. The minimum atomic E-state index is -3.78. The highest BCUT2D eigenvalue weighted by molar-refractivity contribution is 6.08. The normalized spacial score (nSPS) is 13.1. The molecule has 38 heavy (non-hydrogen) atoms. The fourth-order valence-electron chi connectivity index (χ4n) is 3.83. The van der Waals surface area contributed by atoms with E-state index in [4.69, 9.17) is 5.73 Å². The number of carbonyl (C=O) groups excluding carboxylic acids is 2. The van der Waals surface area contributed by atoms with Gasteiger partial charge in [-0.3, -0.25) is 9.59 Å². The van der Waals surface area contributed by atoms with Gasteiger partial charge in [-0.1, -0.05) is 18.2 Å². The summed E-state index contributed by atoms with van der Waals surface area (Å²) < 4.78 is 35.3. The lowest BCUT2D eigenvalue weighted by Gasteiger charge is -2.11. The molecule has 4 N–H and O–H groups in total. The van der Waals surface area contributed by atoms with Crippen LogP contribution in [0.5, 0.6) is 11.5 Å². The molecule has 0 radical (unpaired) electrons. The second-order valence-electron chi connectivity index (χ2n) is 8.58. The number of fused-ring (bicyclic) bond motifs is 1. The molecule has 3 aromatic carbocycles. The van der Waals surface area contributed by atoms with E-state index in [2.05, 4.69) is 30.1 Å². The van der Waals surface area contributed by atoms with Crippen LogP contribution in [0.3, 0.4) is 0 Å². The van der Waals surface area contributed by atoms with Crippen molar-refractivity contribution in [2.45, 2.75) is 19.6 Å². The van der Waals surface area contributed by atoms with E-state index in [1.165, 1.54) is 30.6 Å². The van der Waals surface area contributed by atoms with Crippen molar-refractivity contribution in [3.8, 4) is 11.5 Å². The van der Waals surface area contributed by atoms with Gasteiger partial charge < -0.3 is 25.8 Å². The Hall–Kier alpha value is -5.06. The number of anilines is 3. The second kappa shape index (κ2) is 9.77. The maximum absolute atomic E-state index is 13.3. The van der Waals surface area contributed by atoms with Crippen molar-refractivity contribution in [3.63, 3.8) is 0 Å². The Kier molecular flexibility index (Phi) is 6.33. The Labute approximate surface area is 215 Å². The molecule has 0 aliphatic carbocycles. The number of hydrogen-bond donors (Lipinski definition) is 3. The van der Waals surface area contributed by atoms with Gasteiger partial charge in [-0.25, -0.2) is 9.97 Å². The number of hydrogen-bond acceptors (Lipinski definition) is 7. The second-order valence-corrected chi connectivity index (χ2v) is 8.58. The lowest BCUT2D eigenvalue weighted by Crippen LogP contribution is -2.25. The van der Waals surface area contributed by atoms with Gasteiger partial charge in [-0.05, 0) is 60.5 Å². The molecule has 2 heterocycles. The number of nitrogen functional groups attached to an aromatic ring is 1. The highest BCUT2D eigenvalue weighted by Gasteiger charge is 2.43. The van der Waals surface area contributed by atoms with E-state index >= 15 is 0 Å². The van der Waals surface area contributed by atoms with Gasteiger partial charge in [0.05, 0.1) is 18.1 Å². The average molecular weight is 517 g/mol. The average Bonchev–Trinajstić information content (AvgIpc) is 3.19. The minimum absolute atomic E-state index is 0.0760. The van der Waals surface area contributed by atoms with Crippen molar-refractivity contribution in [2.75, 3.05) is 16.4 Å². The van der Waals surface area contributed by atoms with Gasteiger partial charge in [-0.2, -0.15) is 0 Å². The van der Waals surface area contributed by atoms with Crippen LogP contribution in [-0.2, 0) is 6.42 Å². The molecule has 5 rings (SSSR count). The highest BCUT2D eigenvalue weighted by atomic mass is 19.3. The molecular weight excluding hydrogens is 496 g/mol. The van der Waals surface area contributed by atoms with Crippen molar-refractivity contribution in [2.24, 2.45) is 0 Å². The van der Waals surface area contributed by atoms with Gasteiger partial charge in [0.15, 0.2) is 11.5 Å². The van der Waals surface area contributed by atoms with Gasteiger partial charge >= 0.3 is 6.29 Å². The van der Waals surface area contributed by atoms with Crippen LogP contribution in [0, 0.1) is 6.92 Å². The zero-order chi connectivity index (χ0) is 26.9. The summed E-state index contributed by atoms with van der Waals surface area (Å²) in [5.41, 5.74) is 9.23. The summed E-state index contributed by atoms with van der Waals surface area (Å²) >= 11 is 0. The maximum Gasteiger partial charge on any atom is 0.586 e. The number of nitrogens with one attached hydrogen (secondary N) is 2. The van der Waals surface area contributed by atoms with Gasteiger partial charge in [0.25, 0.3) is 11.8 Å². The molecule has 1 aliphatic rings. The number of nitrogens with zero attached hydrogens (tertiary/aromatic N) is 2. The molecule has 192 valence electrons. The lowest BCUT2D eigenvalue weighted by atomic mass is 10.1. The van der Waals surface area contributed by atoms with Crippen LogP contribution in [0.1, 0.15) is 37.7 Å². The number of alkyl halides is 2. The van der Waals surface area contributed by atoms with Gasteiger partial charge in [0.2, 0.25) is 0 Å². The maximum atomic E-state index is 13.3. The number of nitrogens with two attached hydrogens (primary N) is 1. The van der Waals surface area contributed by atoms with Crippen LogP contribution in [0.15, 0.2) is 73.1 Å². The number of rotatable bonds is 6. The Morgan fingerprint density at radius 1 is 0.895 bits per heavy atom. The summed E-state index contributed by atoms with van der Waals surface area (Å²) in [6.45, 7) is 1.75. The van der Waals surface area contributed by atoms with Crippen molar-refractivity contribution < 1.29 is 27.8 Å². The Morgan fingerprint density at radius 3 is 2.39 bits per heavy atom. The molecule has 1 aromatic heterocycles. The Balaban J connectivity index is 1.25. The van der Waals surface area contributed by atoms with Crippen molar-refractivity contribution in [3.05, 3.63) is 101 Å². The standard InChI is InChI=1S/C27H21F2N5O4/c1-15-5-7-19(33-25(35)17-6-8-22-23(11-17)38-27(28,29)37-22)12-21(15)26(36)34-20-13-31-24(32-14-20)10-16-3-2-4-18(30)9-16/h2-9,11-14H,10,30H2,1H3,(H,33,35)(H,34,36). The van der Waals surface area contributed by atoms with E-state index in [1.54, 1.807) is 25.1 Å². The van der Waals surface area contributed by atoms with E-state index in [0.717, 1.165) is 11.6 Å². The van der Waals surface area contributed by atoms with Crippen LogP contribution >= 0.6 is 0 Å². The van der Waals surface area contributed by atoms with Crippen molar-refractivity contribution in [1.29, 1.82) is 0 Å². The topological polar surface area (TPSA) is 128 Å². The minimum Gasteiger partial charge on any atom is -0.399 e. The largest absolute Gasteiger partial charge is 0.586 e. The zero-order valence-corrected chi connectivity index (χ0v) is 20.0. The van der Waals surface area contributed by atoms with E-state index in [1.807, 2.05) is 18.2 Å². The summed E-state index contributed by atoms with van der Waals surface area (Å²) in [4.78, 5) is 34.3. The molecule has 2 amide bonds. The van der Waals surface area contributed by atoms with Gasteiger partial charge in [0.1, 0.15) is 5.82 Å². The van der Waals surface area contributed by atoms with Gasteiger partial charge in [0, 0.05) is 28.9 Å². The SMILES string of the molecule is Cc1ccc(NC(=O)c2ccc3c(c2)OC(F)(F)O3)cc1C(=O)Nc1cnc(Cc2cccc(N)c2)nc1. The highest BCUT2D eigenvalue weighted by Crippen LogP contribution is 2.41. The first-order chi connectivity index (χ1) is 18.1. The summed E-state index contributed by atoms with van der Waals surface area (Å²) in [6, 6.07) is 15.9. The molecule has 0 unspecified atom stereocenters. The first kappa shape index (κ1) is 24.6. The number of amides is 2. The Morgan fingerprint density at radius 2 is 1.63 bits per heavy atom. The summed E-state index contributed by atoms with van der Waals surface area (Å²) in [7, 11) is 0. The number of ether oxygens (including phenoxy) is 2. The lowest BCUT2D eigenvalue weighted by molar-refractivity contribution is -0.286. The first-order valence-electron chi connectivity index (χ1n) is 11.4. The van der Waals surface area contributed by atoms with Crippen LogP contribution in [0.25, 0.3) is 0 Å². The quantitative estimate of drug-likeness (QED) is 0.314. The molecule has 0 saturated heterocycles. The number of benzene rings is 3. The van der Waals surface area contributed by atoms with Crippen LogP contribution in [0.4, 0.5) is 25.8 Å². The monoisotopic (exact) mass is 517 g/mol. The van der Waals surface area contributed by atoms with Crippen molar-refractivity contribution in [1.82, 2.24) is 9.97 Å². The van der Waals surface area contributed by atoms with E-state index < -0.39 is 18.1 Å². The zero-order valence-electron chi connectivity index (χ0n) is 20.0. The van der Waals surface area contributed by atoms with Crippen LogP contribution in [-0.4, -0.2) is 28.1 Å². The summed E-state index contributed by atoms with van der Waals surface area (Å²) in [5.74, 6) is -0.834. The third kappa shape index (κ3) is 5.51. The number of carbonyl (C=O) groups is 2. The number of halogens is 2.